The molecule has 2 nitrogen and oxygen atoms in total. The number of carbonyl (C=O) groups is 1. The summed E-state index contributed by atoms with van der Waals surface area (Å²) >= 11 is 0. The van der Waals surface area contributed by atoms with Gasteiger partial charge >= 0.3 is 0 Å². The minimum atomic E-state index is -0.963. The van der Waals surface area contributed by atoms with E-state index < -0.39 is 10.8 Å². The Morgan fingerprint density at radius 3 is 2.29 bits per heavy atom. The fraction of sp³-hybridized carbons (Fsp3) is 0.500. The molecule has 2 unspecified atom stereocenters. The van der Waals surface area contributed by atoms with E-state index in [9.17, 15) is 9.00 Å². The molecule has 0 saturated carbocycles. The summed E-state index contributed by atoms with van der Waals surface area (Å²) in [5.74, 6) is 1.33. The molecule has 1 aromatic rings. The van der Waals surface area contributed by atoms with Gasteiger partial charge in [-0.15, -0.1) is 0 Å². The third-order valence-corrected chi connectivity index (χ3v) is 4.25. The maximum atomic E-state index is 12.0. The van der Waals surface area contributed by atoms with Crippen LogP contribution < -0.4 is 0 Å². The second-order valence-corrected chi connectivity index (χ2v) is 6.20. The molecule has 0 saturated heterocycles. The predicted octanol–water partition coefficient (Wildman–Crippen LogP) is 2.80. The van der Waals surface area contributed by atoms with E-state index in [1.54, 1.807) is 6.92 Å². The predicted molar refractivity (Wildman–Crippen MR) is 72.2 cm³/mol. The van der Waals surface area contributed by atoms with Crippen LogP contribution in [0.1, 0.15) is 26.3 Å². The highest BCUT2D eigenvalue weighted by Gasteiger charge is 2.21. The second-order valence-electron chi connectivity index (χ2n) is 4.70. The number of Topliss-reactive ketones (excluding diaryl/α,β-unsaturated/α-hetero) is 1. The second kappa shape index (κ2) is 6.70. The molecule has 0 radical (unpaired) electrons. The van der Waals surface area contributed by atoms with Crippen molar-refractivity contribution in [3.05, 3.63) is 35.9 Å². The van der Waals surface area contributed by atoms with Crippen LogP contribution in [0.5, 0.6) is 0 Å². The van der Waals surface area contributed by atoms with Crippen LogP contribution in [0.2, 0.25) is 0 Å². The van der Waals surface area contributed by atoms with Crippen molar-refractivity contribution in [3.8, 4) is 0 Å². The molecule has 1 aromatic carbocycles. The molecule has 0 amide bonds. The maximum absolute atomic E-state index is 12.0. The van der Waals surface area contributed by atoms with Gasteiger partial charge in [0.2, 0.25) is 0 Å². The van der Waals surface area contributed by atoms with E-state index in [0.717, 1.165) is 5.56 Å². The molecular formula is C14H20O2S. The van der Waals surface area contributed by atoms with E-state index >= 15 is 0 Å². The van der Waals surface area contributed by atoms with E-state index in [4.69, 9.17) is 0 Å². The van der Waals surface area contributed by atoms with Crippen LogP contribution in [0.4, 0.5) is 0 Å². The minimum Gasteiger partial charge on any atom is -0.300 e. The van der Waals surface area contributed by atoms with Crippen LogP contribution in [-0.2, 0) is 21.3 Å². The Kier molecular flexibility index (Phi) is 5.56. The van der Waals surface area contributed by atoms with E-state index in [-0.39, 0.29) is 17.6 Å². The molecule has 0 heterocycles. The number of hydrogen-bond acceptors (Lipinski definition) is 2. The summed E-state index contributed by atoms with van der Waals surface area (Å²) in [6.07, 6.45) is 0. The highest BCUT2D eigenvalue weighted by Crippen LogP contribution is 2.15. The zero-order chi connectivity index (χ0) is 12.8. The zero-order valence-corrected chi connectivity index (χ0v) is 11.5. The number of ketones is 1. The van der Waals surface area contributed by atoms with Crippen molar-refractivity contribution < 1.29 is 9.00 Å². The maximum Gasteiger partial charge on any atom is 0.134 e. The molecule has 0 fully saturated rings. The topological polar surface area (TPSA) is 34.1 Å². The van der Waals surface area contributed by atoms with Crippen LogP contribution in [0, 0.1) is 11.8 Å². The molecule has 0 bridgehead atoms. The van der Waals surface area contributed by atoms with Crippen molar-refractivity contribution in [1.82, 2.24) is 0 Å². The summed E-state index contributed by atoms with van der Waals surface area (Å²) in [6, 6.07) is 9.76. The Balaban J connectivity index is 2.57. The van der Waals surface area contributed by atoms with Crippen molar-refractivity contribution in [2.24, 2.45) is 11.8 Å². The fourth-order valence-corrected chi connectivity index (χ4v) is 3.50. The molecular weight excluding hydrogens is 232 g/mol. The molecule has 0 aliphatic carbocycles. The Hall–Kier alpha value is -0.960. The molecule has 1 rings (SSSR count). The highest BCUT2D eigenvalue weighted by molar-refractivity contribution is 7.84. The Bertz CT molecular complexity index is 384. The van der Waals surface area contributed by atoms with Gasteiger partial charge in [0.15, 0.2) is 0 Å². The van der Waals surface area contributed by atoms with Crippen molar-refractivity contribution >= 4 is 16.6 Å². The van der Waals surface area contributed by atoms with Crippen molar-refractivity contribution in [3.63, 3.8) is 0 Å². The van der Waals surface area contributed by atoms with Gasteiger partial charge in [-0.25, -0.2) is 0 Å². The lowest BCUT2D eigenvalue weighted by molar-refractivity contribution is -0.121. The molecule has 0 spiro atoms. The summed E-state index contributed by atoms with van der Waals surface area (Å²) in [4.78, 5) is 11.4. The number of rotatable bonds is 6. The number of benzene rings is 1. The fourth-order valence-electron chi connectivity index (χ4n) is 1.80. The summed E-state index contributed by atoms with van der Waals surface area (Å²) in [6.45, 7) is 5.60. The molecule has 0 aromatic heterocycles. The lowest BCUT2D eigenvalue weighted by atomic mass is 9.94. The lowest BCUT2D eigenvalue weighted by Crippen LogP contribution is -2.24. The first-order valence-corrected chi connectivity index (χ1v) is 7.39. The van der Waals surface area contributed by atoms with Gasteiger partial charge in [-0.2, -0.15) is 0 Å². The first-order valence-electron chi connectivity index (χ1n) is 5.90. The normalized spacial score (nSPS) is 14.6. The number of carbonyl (C=O) groups excluding carboxylic acids is 1. The van der Waals surface area contributed by atoms with Gasteiger partial charge in [0.05, 0.1) is 0 Å². The molecule has 2 atom stereocenters. The van der Waals surface area contributed by atoms with Crippen LogP contribution in [0.25, 0.3) is 0 Å². The van der Waals surface area contributed by atoms with Crippen molar-refractivity contribution in [2.45, 2.75) is 26.5 Å². The smallest absolute Gasteiger partial charge is 0.134 e. The van der Waals surface area contributed by atoms with Gasteiger partial charge in [-0.3, -0.25) is 9.00 Å². The average Bonchev–Trinajstić information content (AvgIpc) is 2.26. The molecule has 17 heavy (non-hydrogen) atoms. The Labute approximate surface area is 106 Å². The van der Waals surface area contributed by atoms with Crippen LogP contribution in [-0.4, -0.2) is 15.7 Å². The van der Waals surface area contributed by atoms with Crippen LogP contribution >= 0.6 is 0 Å². The van der Waals surface area contributed by atoms with E-state index in [1.807, 2.05) is 44.2 Å². The van der Waals surface area contributed by atoms with Gasteiger partial charge in [0, 0.05) is 28.2 Å². The molecule has 3 heteroatoms. The SMILES string of the molecule is CC(=O)C(CS(=O)Cc1ccccc1)C(C)C. The first kappa shape index (κ1) is 14.1. The molecule has 94 valence electrons. The van der Waals surface area contributed by atoms with Crippen LogP contribution in [0.3, 0.4) is 0 Å². The van der Waals surface area contributed by atoms with Gasteiger partial charge in [0.1, 0.15) is 5.78 Å². The largest absolute Gasteiger partial charge is 0.300 e. The number of hydrogen-bond donors (Lipinski definition) is 0. The summed E-state index contributed by atoms with van der Waals surface area (Å²) in [5.41, 5.74) is 1.07. The summed E-state index contributed by atoms with van der Waals surface area (Å²) < 4.78 is 12.0. The molecule has 0 aliphatic heterocycles. The summed E-state index contributed by atoms with van der Waals surface area (Å²) in [7, 11) is -0.963. The van der Waals surface area contributed by atoms with Crippen molar-refractivity contribution in [2.75, 3.05) is 5.75 Å². The first-order chi connectivity index (χ1) is 8.00. The van der Waals surface area contributed by atoms with Gasteiger partial charge < -0.3 is 0 Å². The summed E-state index contributed by atoms with van der Waals surface area (Å²) in [5, 5.41) is 0. The average molecular weight is 252 g/mol. The lowest BCUT2D eigenvalue weighted by Gasteiger charge is -2.17. The highest BCUT2D eigenvalue weighted by atomic mass is 32.2. The van der Waals surface area contributed by atoms with Gasteiger partial charge in [0.25, 0.3) is 0 Å². The third kappa shape index (κ3) is 4.82. The van der Waals surface area contributed by atoms with E-state index in [0.29, 0.717) is 11.5 Å². The zero-order valence-electron chi connectivity index (χ0n) is 10.7. The standard InChI is InChI=1S/C14H20O2S/c1-11(2)14(12(3)15)10-17(16)9-13-7-5-4-6-8-13/h4-8,11,14H,9-10H2,1-3H3. The Morgan fingerprint density at radius 2 is 1.82 bits per heavy atom. The monoisotopic (exact) mass is 252 g/mol. The van der Waals surface area contributed by atoms with E-state index in [2.05, 4.69) is 0 Å². The molecule has 0 N–H and O–H groups in total. The quantitative estimate of drug-likeness (QED) is 0.780. The van der Waals surface area contributed by atoms with Crippen LogP contribution in [0.15, 0.2) is 30.3 Å². The van der Waals surface area contributed by atoms with Gasteiger partial charge in [-0.05, 0) is 18.4 Å². The minimum absolute atomic E-state index is 0.0838. The van der Waals surface area contributed by atoms with Crippen molar-refractivity contribution in [1.29, 1.82) is 0 Å². The van der Waals surface area contributed by atoms with Gasteiger partial charge in [-0.1, -0.05) is 44.2 Å². The Morgan fingerprint density at radius 1 is 1.24 bits per heavy atom. The third-order valence-electron chi connectivity index (χ3n) is 2.86. The molecule has 0 aliphatic rings. The van der Waals surface area contributed by atoms with E-state index in [1.165, 1.54) is 0 Å².